The van der Waals surface area contributed by atoms with Gasteiger partial charge in [-0.1, -0.05) is 56.7 Å². The average Bonchev–Trinajstić information content (AvgIpc) is 2.54. The van der Waals surface area contributed by atoms with Crippen LogP contribution < -0.4 is 0 Å². The summed E-state index contributed by atoms with van der Waals surface area (Å²) in [4.78, 5) is 0. The van der Waals surface area contributed by atoms with E-state index in [0.29, 0.717) is 0 Å². The van der Waals surface area contributed by atoms with E-state index in [0.717, 1.165) is 18.4 Å². The monoisotopic (exact) mass is 298 g/mol. The van der Waals surface area contributed by atoms with E-state index in [1.807, 2.05) is 24.3 Å². The molecule has 2 unspecified atom stereocenters. The highest BCUT2D eigenvalue weighted by atomic mass is 16.3. The van der Waals surface area contributed by atoms with E-state index in [1.165, 1.54) is 16.7 Å². The van der Waals surface area contributed by atoms with Gasteiger partial charge in [-0.2, -0.15) is 0 Å². The molecule has 2 N–H and O–H groups in total. The first-order valence-electron chi connectivity index (χ1n) is 8.00. The molecule has 1 aliphatic carbocycles. The quantitative estimate of drug-likeness (QED) is 0.850. The molecule has 0 amide bonds. The van der Waals surface area contributed by atoms with Gasteiger partial charge in [-0.3, -0.25) is 0 Å². The Morgan fingerprint density at radius 1 is 1.18 bits per heavy atom. The van der Waals surface area contributed by atoms with Gasteiger partial charge in [-0.05, 0) is 48.6 Å². The molecule has 1 aromatic rings. The number of phenols is 1. The summed E-state index contributed by atoms with van der Waals surface area (Å²) in [5.74, 6) is 0.285. The number of aliphatic hydroxyl groups excluding tert-OH is 1. The molecule has 1 aromatic carbocycles. The number of allylic oxidation sites excluding steroid dienone is 3. The topological polar surface area (TPSA) is 40.5 Å². The lowest BCUT2D eigenvalue weighted by Crippen LogP contribution is -2.26. The molecule has 22 heavy (non-hydrogen) atoms. The van der Waals surface area contributed by atoms with Crippen LogP contribution in [0.4, 0.5) is 0 Å². The summed E-state index contributed by atoms with van der Waals surface area (Å²) in [6, 6.07) is 7.43. The second-order valence-electron chi connectivity index (χ2n) is 6.23. The fraction of sp³-hybridized carbons (Fsp3) is 0.400. The van der Waals surface area contributed by atoms with Crippen LogP contribution in [0.25, 0.3) is 0 Å². The first-order valence-corrected chi connectivity index (χ1v) is 8.00. The molecule has 0 aliphatic heterocycles. The van der Waals surface area contributed by atoms with Crippen LogP contribution in [-0.2, 0) is 5.41 Å². The van der Waals surface area contributed by atoms with E-state index in [-0.39, 0.29) is 11.2 Å². The first-order chi connectivity index (χ1) is 10.4. The van der Waals surface area contributed by atoms with E-state index >= 15 is 0 Å². The number of aromatic hydroxyl groups is 1. The Balaban J connectivity index is 2.51. The van der Waals surface area contributed by atoms with Gasteiger partial charge in [0.15, 0.2) is 0 Å². The number of aliphatic hydroxyl groups is 1. The molecule has 2 atom stereocenters. The van der Waals surface area contributed by atoms with E-state index in [9.17, 15) is 10.2 Å². The molecule has 1 aliphatic rings. The largest absolute Gasteiger partial charge is 0.508 e. The Kier molecular flexibility index (Phi) is 4.92. The van der Waals surface area contributed by atoms with Crippen molar-refractivity contribution in [2.75, 3.05) is 0 Å². The first kappa shape index (κ1) is 16.6. The summed E-state index contributed by atoms with van der Waals surface area (Å²) < 4.78 is 0. The molecular weight excluding hydrogens is 272 g/mol. The smallest absolute Gasteiger partial charge is 0.115 e. The predicted octanol–water partition coefficient (Wildman–Crippen LogP) is 4.64. The highest BCUT2D eigenvalue weighted by Crippen LogP contribution is 2.39. The number of phenolic OH excluding ortho intramolecular Hbond substituents is 1. The second-order valence-corrected chi connectivity index (χ2v) is 6.23. The average molecular weight is 298 g/mol. The summed E-state index contributed by atoms with van der Waals surface area (Å²) in [5, 5.41) is 19.7. The zero-order valence-electron chi connectivity index (χ0n) is 13.9. The maximum Gasteiger partial charge on any atom is 0.115 e. The van der Waals surface area contributed by atoms with Gasteiger partial charge >= 0.3 is 0 Å². The molecule has 0 bridgehead atoms. The van der Waals surface area contributed by atoms with E-state index in [1.54, 1.807) is 12.1 Å². The van der Waals surface area contributed by atoms with Crippen LogP contribution in [0.15, 0.2) is 59.2 Å². The summed E-state index contributed by atoms with van der Waals surface area (Å²) >= 11 is 0. The SMILES string of the molecule is CCC(C)=C1C=C(C(C)(CC)c2ccc(O)cc2)C=CC1O. The minimum Gasteiger partial charge on any atom is -0.508 e. The molecule has 0 fully saturated rings. The second kappa shape index (κ2) is 6.53. The third kappa shape index (κ3) is 3.02. The van der Waals surface area contributed by atoms with E-state index in [2.05, 4.69) is 33.8 Å². The normalized spacial score (nSPS) is 23.0. The van der Waals surface area contributed by atoms with Gasteiger partial charge in [0.05, 0.1) is 6.10 Å². The fourth-order valence-electron chi connectivity index (χ4n) is 2.93. The Morgan fingerprint density at radius 3 is 2.36 bits per heavy atom. The van der Waals surface area contributed by atoms with Crippen LogP contribution >= 0.6 is 0 Å². The standard InChI is InChI=1S/C20H26O2/c1-5-14(3)18-13-16(9-12-19(18)22)20(4,6-2)15-7-10-17(21)11-8-15/h7-13,19,21-22H,5-6H2,1-4H3. The van der Waals surface area contributed by atoms with Crippen molar-refractivity contribution in [3.8, 4) is 5.75 Å². The summed E-state index contributed by atoms with van der Waals surface area (Å²) in [7, 11) is 0. The maximum absolute atomic E-state index is 10.2. The third-order valence-corrected chi connectivity index (χ3v) is 4.96. The zero-order valence-corrected chi connectivity index (χ0v) is 13.9. The van der Waals surface area contributed by atoms with Gasteiger partial charge in [-0.25, -0.2) is 0 Å². The third-order valence-electron chi connectivity index (χ3n) is 4.96. The summed E-state index contributed by atoms with van der Waals surface area (Å²) in [6.45, 7) is 8.57. The van der Waals surface area contributed by atoms with Crippen LogP contribution in [0.2, 0.25) is 0 Å². The Hall–Kier alpha value is -1.80. The maximum atomic E-state index is 10.2. The van der Waals surface area contributed by atoms with Crippen molar-refractivity contribution in [3.63, 3.8) is 0 Å². The lowest BCUT2D eigenvalue weighted by molar-refractivity contribution is 0.259. The van der Waals surface area contributed by atoms with Crippen molar-refractivity contribution in [2.45, 2.75) is 52.1 Å². The number of hydrogen-bond donors (Lipinski definition) is 2. The van der Waals surface area contributed by atoms with Crippen molar-refractivity contribution < 1.29 is 10.2 Å². The molecule has 0 radical (unpaired) electrons. The Labute approximate surface area is 133 Å². The van der Waals surface area contributed by atoms with Gasteiger partial charge in [0, 0.05) is 5.41 Å². The van der Waals surface area contributed by atoms with E-state index in [4.69, 9.17) is 0 Å². The Morgan fingerprint density at radius 2 is 1.82 bits per heavy atom. The lowest BCUT2D eigenvalue weighted by Gasteiger charge is -2.33. The molecule has 0 aromatic heterocycles. The van der Waals surface area contributed by atoms with Crippen molar-refractivity contribution in [2.24, 2.45) is 0 Å². The van der Waals surface area contributed by atoms with Crippen LogP contribution in [0, 0.1) is 0 Å². The molecule has 2 nitrogen and oxygen atoms in total. The van der Waals surface area contributed by atoms with Gasteiger partial charge in [0.1, 0.15) is 5.75 Å². The Bertz CT molecular complexity index is 620. The zero-order chi connectivity index (χ0) is 16.3. The van der Waals surface area contributed by atoms with Crippen LogP contribution in [-0.4, -0.2) is 16.3 Å². The number of hydrogen-bond acceptors (Lipinski definition) is 2. The molecular formula is C20H26O2. The van der Waals surface area contributed by atoms with Crippen molar-refractivity contribution in [1.82, 2.24) is 0 Å². The lowest BCUT2D eigenvalue weighted by atomic mass is 9.71. The van der Waals surface area contributed by atoms with E-state index < -0.39 is 6.10 Å². The molecule has 0 saturated heterocycles. The van der Waals surface area contributed by atoms with Gasteiger partial charge in [-0.15, -0.1) is 0 Å². The van der Waals surface area contributed by atoms with Crippen LogP contribution in [0.1, 0.15) is 46.1 Å². The minimum atomic E-state index is -0.510. The van der Waals surface area contributed by atoms with Crippen molar-refractivity contribution in [1.29, 1.82) is 0 Å². The summed E-state index contributed by atoms with van der Waals surface area (Å²) in [5.41, 5.74) is 4.48. The number of benzene rings is 1. The minimum absolute atomic E-state index is 0.135. The van der Waals surface area contributed by atoms with Crippen molar-refractivity contribution >= 4 is 0 Å². The molecule has 118 valence electrons. The fourth-order valence-corrected chi connectivity index (χ4v) is 2.93. The van der Waals surface area contributed by atoms with Crippen molar-refractivity contribution in [3.05, 3.63) is 64.8 Å². The van der Waals surface area contributed by atoms with Crippen LogP contribution in [0.5, 0.6) is 5.75 Å². The van der Waals surface area contributed by atoms with Gasteiger partial charge in [0.25, 0.3) is 0 Å². The molecule has 0 saturated carbocycles. The highest BCUT2D eigenvalue weighted by Gasteiger charge is 2.30. The number of rotatable bonds is 4. The van der Waals surface area contributed by atoms with Gasteiger partial charge < -0.3 is 10.2 Å². The predicted molar refractivity (Wildman–Crippen MR) is 92.0 cm³/mol. The summed E-state index contributed by atoms with van der Waals surface area (Å²) in [6.07, 6.45) is 7.42. The molecule has 0 heterocycles. The van der Waals surface area contributed by atoms with Crippen LogP contribution in [0.3, 0.4) is 0 Å². The van der Waals surface area contributed by atoms with Gasteiger partial charge in [0.2, 0.25) is 0 Å². The highest BCUT2D eigenvalue weighted by molar-refractivity contribution is 5.50. The molecule has 2 rings (SSSR count). The molecule has 2 heteroatoms. The molecule has 0 spiro atoms.